The summed E-state index contributed by atoms with van der Waals surface area (Å²) in [6.45, 7) is 3.95. The molecule has 2 unspecified atom stereocenters. The van der Waals surface area contributed by atoms with Crippen LogP contribution in [0.5, 0.6) is 11.5 Å². The number of nitrogens with one attached hydrogen (secondary N) is 1. The standard InChI is InChI=1S/C16H18N4O4/c1-9-12(15(21)24-4)13(20-16(19-9)17-8-18-20)10-6-5-7-11(22-2)14(10)23-3/h5-8,12-13H,1H2,2-4H3,(H,17,18,19). The van der Waals surface area contributed by atoms with E-state index in [2.05, 4.69) is 22.0 Å². The van der Waals surface area contributed by atoms with Crippen LogP contribution >= 0.6 is 0 Å². The Kier molecular flexibility index (Phi) is 4.11. The van der Waals surface area contributed by atoms with Crippen molar-refractivity contribution in [2.45, 2.75) is 6.04 Å². The number of carbonyl (C=O) groups is 1. The molecule has 0 fully saturated rings. The van der Waals surface area contributed by atoms with Crippen LogP contribution in [0.15, 0.2) is 36.8 Å². The van der Waals surface area contributed by atoms with E-state index in [1.807, 2.05) is 12.1 Å². The monoisotopic (exact) mass is 330 g/mol. The molecule has 1 aromatic heterocycles. The first kappa shape index (κ1) is 15.9. The average molecular weight is 330 g/mol. The summed E-state index contributed by atoms with van der Waals surface area (Å²) < 4.78 is 17.5. The number of esters is 1. The van der Waals surface area contributed by atoms with E-state index in [4.69, 9.17) is 14.2 Å². The number of para-hydroxylation sites is 1. The lowest BCUT2D eigenvalue weighted by Crippen LogP contribution is -2.37. The minimum absolute atomic E-state index is 0.427. The van der Waals surface area contributed by atoms with Crippen LogP contribution in [0.1, 0.15) is 11.6 Å². The van der Waals surface area contributed by atoms with Gasteiger partial charge in [-0.25, -0.2) is 4.68 Å². The highest BCUT2D eigenvalue weighted by Gasteiger charge is 2.42. The molecule has 8 nitrogen and oxygen atoms in total. The van der Waals surface area contributed by atoms with E-state index < -0.39 is 17.9 Å². The van der Waals surface area contributed by atoms with Crippen molar-refractivity contribution in [3.8, 4) is 11.5 Å². The SMILES string of the molecule is C=C1Nc2ncnn2C(c2cccc(OC)c2OC)C1C(=O)OC. The smallest absolute Gasteiger partial charge is 0.317 e. The first-order valence-electron chi connectivity index (χ1n) is 7.26. The van der Waals surface area contributed by atoms with E-state index in [1.165, 1.54) is 13.4 Å². The second-order valence-electron chi connectivity index (χ2n) is 5.21. The third kappa shape index (κ3) is 2.36. The van der Waals surface area contributed by atoms with Gasteiger partial charge in [-0.15, -0.1) is 0 Å². The molecule has 0 amide bonds. The molecule has 1 aromatic carbocycles. The summed E-state index contributed by atoms with van der Waals surface area (Å²) >= 11 is 0. The Morgan fingerprint density at radius 1 is 1.29 bits per heavy atom. The van der Waals surface area contributed by atoms with Crippen molar-refractivity contribution in [1.82, 2.24) is 14.8 Å². The molecular weight excluding hydrogens is 312 g/mol. The Bertz CT molecular complexity index is 786. The Morgan fingerprint density at radius 3 is 2.75 bits per heavy atom. The number of methoxy groups -OCH3 is 3. The topological polar surface area (TPSA) is 87.5 Å². The van der Waals surface area contributed by atoms with Gasteiger partial charge >= 0.3 is 5.97 Å². The summed E-state index contributed by atoms with van der Waals surface area (Å²) in [6.07, 6.45) is 1.41. The summed E-state index contributed by atoms with van der Waals surface area (Å²) in [5.41, 5.74) is 1.21. The van der Waals surface area contributed by atoms with Gasteiger partial charge in [0.25, 0.3) is 0 Å². The van der Waals surface area contributed by atoms with Gasteiger partial charge in [0.2, 0.25) is 5.95 Å². The number of anilines is 1. The number of aromatic nitrogens is 3. The van der Waals surface area contributed by atoms with Crippen LogP contribution in [0.2, 0.25) is 0 Å². The lowest BCUT2D eigenvalue weighted by molar-refractivity contribution is -0.145. The number of nitrogens with zero attached hydrogens (tertiary/aromatic N) is 3. The highest BCUT2D eigenvalue weighted by atomic mass is 16.5. The highest BCUT2D eigenvalue weighted by molar-refractivity contribution is 5.79. The quantitative estimate of drug-likeness (QED) is 0.852. The van der Waals surface area contributed by atoms with Crippen LogP contribution in [0.3, 0.4) is 0 Å². The van der Waals surface area contributed by atoms with Crippen LogP contribution in [-0.4, -0.2) is 42.1 Å². The van der Waals surface area contributed by atoms with Gasteiger partial charge in [-0.05, 0) is 6.07 Å². The second kappa shape index (κ2) is 6.23. The van der Waals surface area contributed by atoms with Crippen LogP contribution in [0, 0.1) is 5.92 Å². The van der Waals surface area contributed by atoms with Gasteiger partial charge in [0, 0.05) is 11.3 Å². The normalized spacial score (nSPS) is 19.2. The number of hydrogen-bond acceptors (Lipinski definition) is 7. The highest BCUT2D eigenvalue weighted by Crippen LogP contribution is 2.44. The van der Waals surface area contributed by atoms with Crippen molar-refractivity contribution in [1.29, 1.82) is 0 Å². The molecule has 126 valence electrons. The van der Waals surface area contributed by atoms with Gasteiger partial charge in [0.1, 0.15) is 18.3 Å². The van der Waals surface area contributed by atoms with Gasteiger partial charge in [-0.1, -0.05) is 18.7 Å². The number of fused-ring (bicyclic) bond motifs is 1. The molecule has 0 bridgehead atoms. The van der Waals surface area contributed by atoms with Crippen molar-refractivity contribution in [2.24, 2.45) is 5.92 Å². The molecule has 3 rings (SSSR count). The van der Waals surface area contributed by atoms with Gasteiger partial charge < -0.3 is 19.5 Å². The zero-order valence-electron chi connectivity index (χ0n) is 13.6. The largest absolute Gasteiger partial charge is 0.493 e. The van der Waals surface area contributed by atoms with Crippen molar-refractivity contribution in [3.05, 3.63) is 42.4 Å². The molecule has 0 saturated heterocycles. The van der Waals surface area contributed by atoms with Crippen LogP contribution < -0.4 is 14.8 Å². The van der Waals surface area contributed by atoms with Crippen LogP contribution in [0.4, 0.5) is 5.95 Å². The fourth-order valence-electron chi connectivity index (χ4n) is 2.95. The van der Waals surface area contributed by atoms with E-state index in [9.17, 15) is 4.79 Å². The van der Waals surface area contributed by atoms with E-state index in [-0.39, 0.29) is 0 Å². The predicted molar refractivity (Wildman–Crippen MR) is 86.0 cm³/mol. The zero-order chi connectivity index (χ0) is 17.3. The summed E-state index contributed by atoms with van der Waals surface area (Å²) in [5.74, 6) is 0.461. The maximum Gasteiger partial charge on any atom is 0.317 e. The predicted octanol–water partition coefficient (Wildman–Crippen LogP) is 1.61. The van der Waals surface area contributed by atoms with Gasteiger partial charge in [0.05, 0.1) is 21.3 Å². The van der Waals surface area contributed by atoms with Crippen molar-refractivity contribution in [3.63, 3.8) is 0 Å². The Balaban J connectivity index is 2.23. The first-order valence-corrected chi connectivity index (χ1v) is 7.26. The van der Waals surface area contributed by atoms with Crippen LogP contribution in [-0.2, 0) is 9.53 Å². The Morgan fingerprint density at radius 2 is 2.08 bits per heavy atom. The molecule has 2 aromatic rings. The lowest BCUT2D eigenvalue weighted by atomic mass is 9.88. The number of benzene rings is 1. The molecule has 24 heavy (non-hydrogen) atoms. The molecule has 2 heterocycles. The Hall–Kier alpha value is -3.03. The molecule has 8 heteroatoms. The van der Waals surface area contributed by atoms with E-state index in [0.29, 0.717) is 23.1 Å². The number of rotatable bonds is 4. The number of carbonyl (C=O) groups excluding carboxylic acids is 1. The zero-order valence-corrected chi connectivity index (χ0v) is 13.6. The molecule has 1 aliphatic rings. The van der Waals surface area contributed by atoms with Crippen LogP contribution in [0.25, 0.3) is 0 Å². The third-order valence-electron chi connectivity index (χ3n) is 4.01. The summed E-state index contributed by atoms with van der Waals surface area (Å²) in [4.78, 5) is 16.5. The first-order chi connectivity index (χ1) is 11.6. The molecule has 0 radical (unpaired) electrons. The minimum atomic E-state index is -0.690. The molecular formula is C16H18N4O4. The molecule has 0 saturated carbocycles. The van der Waals surface area contributed by atoms with E-state index in [1.54, 1.807) is 25.0 Å². The number of hydrogen-bond donors (Lipinski definition) is 1. The fraction of sp³-hybridized carbons (Fsp3) is 0.312. The maximum absolute atomic E-state index is 12.4. The number of ether oxygens (including phenoxy) is 3. The van der Waals surface area contributed by atoms with Gasteiger partial charge in [-0.3, -0.25) is 4.79 Å². The molecule has 2 atom stereocenters. The molecule has 0 spiro atoms. The Labute approximate surface area is 139 Å². The third-order valence-corrected chi connectivity index (χ3v) is 4.01. The van der Waals surface area contributed by atoms with Crippen molar-refractivity contribution < 1.29 is 19.0 Å². The summed E-state index contributed by atoms with van der Waals surface area (Å²) in [7, 11) is 4.45. The molecule has 1 aliphatic heterocycles. The second-order valence-corrected chi connectivity index (χ2v) is 5.21. The van der Waals surface area contributed by atoms with Gasteiger partial charge in [0.15, 0.2) is 11.5 Å². The molecule has 0 aliphatic carbocycles. The van der Waals surface area contributed by atoms with E-state index in [0.717, 1.165) is 5.56 Å². The van der Waals surface area contributed by atoms with Crippen molar-refractivity contribution >= 4 is 11.9 Å². The van der Waals surface area contributed by atoms with E-state index >= 15 is 0 Å². The fourth-order valence-corrected chi connectivity index (χ4v) is 2.95. The average Bonchev–Trinajstić information content (AvgIpc) is 3.06. The van der Waals surface area contributed by atoms with Crippen molar-refractivity contribution in [2.75, 3.05) is 26.6 Å². The van der Waals surface area contributed by atoms with Gasteiger partial charge in [-0.2, -0.15) is 10.1 Å². The summed E-state index contributed by atoms with van der Waals surface area (Å²) in [6, 6.07) is 4.94. The lowest BCUT2D eigenvalue weighted by Gasteiger charge is -2.33. The minimum Gasteiger partial charge on any atom is -0.493 e. The summed E-state index contributed by atoms with van der Waals surface area (Å²) in [5, 5.41) is 7.24. The maximum atomic E-state index is 12.4. The molecule has 1 N–H and O–H groups in total.